The van der Waals surface area contributed by atoms with Crippen molar-refractivity contribution in [2.24, 2.45) is 0 Å². The van der Waals surface area contributed by atoms with Crippen LogP contribution >= 0.6 is 0 Å². The molecule has 0 bridgehead atoms. The zero-order chi connectivity index (χ0) is 16.7. The van der Waals surface area contributed by atoms with Crippen LogP contribution in [0.1, 0.15) is 29.5 Å². The molecule has 1 atom stereocenters. The molecule has 2 aromatic heterocycles. The highest BCUT2D eigenvalue weighted by Gasteiger charge is 2.59. The van der Waals surface area contributed by atoms with E-state index in [4.69, 9.17) is 4.74 Å². The van der Waals surface area contributed by atoms with Gasteiger partial charge in [0.2, 0.25) is 0 Å². The number of ether oxygens (including phenoxy) is 1. The summed E-state index contributed by atoms with van der Waals surface area (Å²) in [6.45, 7) is 3.53. The summed E-state index contributed by atoms with van der Waals surface area (Å²) >= 11 is 0. The van der Waals surface area contributed by atoms with Gasteiger partial charge >= 0.3 is 0 Å². The minimum absolute atomic E-state index is 0.105. The van der Waals surface area contributed by atoms with Crippen molar-refractivity contribution in [1.29, 1.82) is 0 Å². The third-order valence-electron chi connectivity index (χ3n) is 4.62. The van der Waals surface area contributed by atoms with Gasteiger partial charge in [-0.25, -0.2) is 13.5 Å². The van der Waals surface area contributed by atoms with Crippen molar-refractivity contribution in [1.82, 2.24) is 29.7 Å². The molecule has 2 aromatic rings. The molecule has 130 valence electrons. The van der Waals surface area contributed by atoms with E-state index < -0.39 is 12.0 Å². The van der Waals surface area contributed by atoms with Crippen LogP contribution in [0.5, 0.6) is 0 Å². The van der Waals surface area contributed by atoms with E-state index in [2.05, 4.69) is 20.3 Å². The Morgan fingerprint density at radius 3 is 3.00 bits per heavy atom. The van der Waals surface area contributed by atoms with Gasteiger partial charge in [-0.15, -0.1) is 5.10 Å². The maximum absolute atomic E-state index is 13.1. The highest BCUT2D eigenvalue weighted by molar-refractivity contribution is 5.15. The Morgan fingerprint density at radius 1 is 1.42 bits per heavy atom. The van der Waals surface area contributed by atoms with Gasteiger partial charge in [-0.2, -0.15) is 5.10 Å². The largest absolute Gasteiger partial charge is 0.383 e. The first kappa shape index (κ1) is 15.6. The predicted molar refractivity (Wildman–Crippen MR) is 80.5 cm³/mol. The van der Waals surface area contributed by atoms with Crippen LogP contribution in [0.25, 0.3) is 0 Å². The lowest BCUT2D eigenvalue weighted by atomic mass is 10.1. The van der Waals surface area contributed by atoms with E-state index in [9.17, 15) is 8.78 Å². The lowest BCUT2D eigenvalue weighted by molar-refractivity contribution is 0.0981. The molecule has 1 aliphatic carbocycles. The van der Waals surface area contributed by atoms with Crippen LogP contribution in [0.3, 0.4) is 0 Å². The second kappa shape index (κ2) is 5.89. The maximum Gasteiger partial charge on any atom is 0.272 e. The number of hydrogen-bond donors (Lipinski definition) is 0. The predicted octanol–water partition coefficient (Wildman–Crippen LogP) is 1.26. The first-order chi connectivity index (χ1) is 11.6. The van der Waals surface area contributed by atoms with Crippen LogP contribution in [0, 0.1) is 0 Å². The number of aromatic nitrogens is 5. The molecule has 24 heavy (non-hydrogen) atoms. The zero-order valence-electron chi connectivity index (χ0n) is 13.5. The second-order valence-corrected chi connectivity index (χ2v) is 6.43. The lowest BCUT2D eigenvalue weighted by Crippen LogP contribution is -2.31. The van der Waals surface area contributed by atoms with Crippen LogP contribution in [-0.4, -0.2) is 55.9 Å². The molecule has 2 aliphatic rings. The van der Waals surface area contributed by atoms with Gasteiger partial charge in [0.05, 0.1) is 30.2 Å². The summed E-state index contributed by atoms with van der Waals surface area (Å²) < 4.78 is 34.6. The quantitative estimate of drug-likeness (QED) is 0.794. The molecule has 0 spiro atoms. The number of methoxy groups -OCH3 is 1. The molecule has 0 amide bonds. The molecular formula is C15H20F2N6O. The van der Waals surface area contributed by atoms with E-state index in [1.165, 1.54) is 4.68 Å². The van der Waals surface area contributed by atoms with E-state index in [0.29, 0.717) is 26.2 Å². The van der Waals surface area contributed by atoms with Crippen molar-refractivity contribution >= 4 is 0 Å². The minimum Gasteiger partial charge on any atom is -0.383 e. The molecule has 7 nitrogen and oxygen atoms in total. The van der Waals surface area contributed by atoms with Gasteiger partial charge in [-0.05, 0) is 6.07 Å². The maximum atomic E-state index is 13.1. The topological polar surface area (TPSA) is 61.0 Å². The summed E-state index contributed by atoms with van der Waals surface area (Å²) in [5.41, 5.74) is 2.95. The van der Waals surface area contributed by atoms with Crippen molar-refractivity contribution in [3.63, 3.8) is 0 Å². The summed E-state index contributed by atoms with van der Waals surface area (Å²) in [6, 6.07) is 1.05. The summed E-state index contributed by atoms with van der Waals surface area (Å²) in [7, 11) is 1.67. The van der Waals surface area contributed by atoms with Crippen molar-refractivity contribution in [2.45, 2.75) is 44.4 Å². The summed E-state index contributed by atoms with van der Waals surface area (Å²) in [5.74, 6) is -2.59. The van der Waals surface area contributed by atoms with E-state index in [-0.39, 0.29) is 6.42 Å². The molecule has 0 radical (unpaired) electrons. The molecule has 0 aromatic carbocycles. The molecule has 1 unspecified atom stereocenters. The Kier molecular flexibility index (Phi) is 3.84. The second-order valence-electron chi connectivity index (χ2n) is 6.43. The summed E-state index contributed by atoms with van der Waals surface area (Å²) in [5, 5.41) is 12.7. The molecule has 1 aliphatic heterocycles. The van der Waals surface area contributed by atoms with Crippen LogP contribution < -0.4 is 0 Å². The van der Waals surface area contributed by atoms with E-state index in [1.807, 2.05) is 10.7 Å². The monoisotopic (exact) mass is 338 g/mol. The first-order valence-corrected chi connectivity index (χ1v) is 8.11. The number of rotatable bonds is 6. The standard InChI is InChI=1S/C15H20F2N6O/c1-24-7-6-22-13-3-4-21(10-12(13)18-20-22)9-11-2-5-23(19-11)14-8-15(14,16)17/h2,5,14H,3-4,6-10H2,1H3. The molecule has 9 heteroatoms. The molecule has 0 N–H and O–H groups in total. The fourth-order valence-electron chi connectivity index (χ4n) is 3.16. The zero-order valence-corrected chi connectivity index (χ0v) is 13.5. The third kappa shape index (κ3) is 2.93. The van der Waals surface area contributed by atoms with Gasteiger partial charge < -0.3 is 4.74 Å². The highest BCUT2D eigenvalue weighted by Crippen LogP contribution is 2.52. The van der Waals surface area contributed by atoms with Crippen molar-refractivity contribution in [2.75, 3.05) is 20.3 Å². The molecule has 4 rings (SSSR count). The average Bonchev–Trinajstić information content (AvgIpc) is 2.94. The fraction of sp³-hybridized carbons (Fsp3) is 0.667. The molecule has 3 heterocycles. The van der Waals surface area contributed by atoms with E-state index in [0.717, 1.165) is 30.0 Å². The summed E-state index contributed by atoms with van der Waals surface area (Å²) in [6.07, 6.45) is 2.41. The number of fused-ring (bicyclic) bond motifs is 1. The van der Waals surface area contributed by atoms with Crippen LogP contribution in [-0.2, 0) is 30.8 Å². The normalized spacial score (nSPS) is 22.5. The number of hydrogen-bond acceptors (Lipinski definition) is 5. The van der Waals surface area contributed by atoms with Gasteiger partial charge in [0.15, 0.2) is 0 Å². The number of nitrogens with zero attached hydrogens (tertiary/aromatic N) is 6. The smallest absolute Gasteiger partial charge is 0.272 e. The van der Waals surface area contributed by atoms with Gasteiger partial charge in [0.1, 0.15) is 6.04 Å². The van der Waals surface area contributed by atoms with Crippen LogP contribution in [0.2, 0.25) is 0 Å². The molecule has 1 saturated carbocycles. The van der Waals surface area contributed by atoms with Crippen molar-refractivity contribution < 1.29 is 13.5 Å². The van der Waals surface area contributed by atoms with E-state index >= 15 is 0 Å². The fourth-order valence-corrected chi connectivity index (χ4v) is 3.16. The Hall–Kier alpha value is -1.87. The first-order valence-electron chi connectivity index (χ1n) is 8.11. The Bertz CT molecular complexity index is 727. The highest BCUT2D eigenvalue weighted by atomic mass is 19.3. The van der Waals surface area contributed by atoms with E-state index in [1.54, 1.807) is 13.3 Å². The van der Waals surface area contributed by atoms with Crippen molar-refractivity contribution in [3.8, 4) is 0 Å². The molecule has 1 fully saturated rings. The van der Waals surface area contributed by atoms with Gasteiger partial charge in [-0.1, -0.05) is 5.21 Å². The molecular weight excluding hydrogens is 318 g/mol. The Balaban J connectivity index is 1.38. The van der Waals surface area contributed by atoms with Gasteiger partial charge in [0.25, 0.3) is 5.92 Å². The van der Waals surface area contributed by atoms with Crippen LogP contribution in [0.15, 0.2) is 12.3 Å². The van der Waals surface area contributed by atoms with Gasteiger partial charge in [-0.3, -0.25) is 9.58 Å². The van der Waals surface area contributed by atoms with Crippen LogP contribution in [0.4, 0.5) is 8.78 Å². The Morgan fingerprint density at radius 2 is 2.25 bits per heavy atom. The third-order valence-corrected chi connectivity index (χ3v) is 4.62. The minimum atomic E-state index is -2.59. The SMILES string of the molecule is COCCn1nnc2c1CCN(Cc1ccn(C3CC3(F)F)n1)C2. The molecule has 0 saturated heterocycles. The number of halogens is 2. The summed E-state index contributed by atoms with van der Waals surface area (Å²) in [4.78, 5) is 2.22. The lowest BCUT2D eigenvalue weighted by Gasteiger charge is -2.25. The average molecular weight is 338 g/mol. The number of alkyl halides is 2. The Labute approximate surface area is 138 Å². The van der Waals surface area contributed by atoms with Crippen molar-refractivity contribution in [3.05, 3.63) is 29.3 Å². The van der Waals surface area contributed by atoms with Gasteiger partial charge in [0, 0.05) is 45.8 Å².